The second kappa shape index (κ2) is 9.23. The first-order valence-electron chi connectivity index (χ1n) is 11.5. The third-order valence-electron chi connectivity index (χ3n) is 6.73. The molecule has 0 unspecified atom stereocenters. The minimum absolute atomic E-state index is 0.115. The maximum absolute atomic E-state index is 13.5. The van der Waals surface area contributed by atoms with Crippen LogP contribution in [0, 0.1) is 13.8 Å². The largest absolute Gasteiger partial charge is 0.369 e. The fraction of sp³-hybridized carbons (Fsp3) is 0.565. The number of benzene rings is 1. The van der Waals surface area contributed by atoms with Gasteiger partial charge in [-0.15, -0.1) is 0 Å². The Kier molecular flexibility index (Phi) is 6.57. The topological polar surface area (TPSA) is 87.5 Å². The van der Waals surface area contributed by atoms with Crippen LogP contribution in [0.25, 0.3) is 0 Å². The predicted molar refractivity (Wildman–Crippen MR) is 125 cm³/mol. The Labute approximate surface area is 190 Å². The molecule has 0 radical (unpaired) electrons. The minimum Gasteiger partial charge on any atom is -0.369 e. The number of nitrogens with zero attached hydrogens (tertiary/aromatic N) is 4. The summed E-state index contributed by atoms with van der Waals surface area (Å²) in [6.45, 7) is 8.48. The number of rotatable bonds is 6. The number of anilines is 1. The van der Waals surface area contributed by atoms with Gasteiger partial charge in [-0.1, -0.05) is 25.0 Å². The monoisotopic (exact) mass is 459 g/mol. The molecule has 9 heteroatoms. The molecule has 0 bridgehead atoms. The molecule has 1 N–H and O–H groups in total. The maximum atomic E-state index is 13.5. The first-order chi connectivity index (χ1) is 15.3. The van der Waals surface area contributed by atoms with Crippen molar-refractivity contribution in [3.8, 4) is 0 Å². The van der Waals surface area contributed by atoms with E-state index in [1.807, 2.05) is 13.0 Å². The van der Waals surface area contributed by atoms with E-state index in [1.54, 1.807) is 6.20 Å². The van der Waals surface area contributed by atoms with Gasteiger partial charge in [-0.05, 0) is 50.8 Å². The molecule has 1 amide bonds. The molecule has 0 atom stereocenters. The minimum atomic E-state index is -3.87. The van der Waals surface area contributed by atoms with Gasteiger partial charge >= 0.3 is 0 Å². The molecule has 2 fully saturated rings. The van der Waals surface area contributed by atoms with Crippen LogP contribution < -0.4 is 10.2 Å². The van der Waals surface area contributed by atoms with E-state index in [1.165, 1.54) is 20.1 Å². The van der Waals surface area contributed by atoms with Crippen molar-refractivity contribution in [2.75, 3.05) is 31.1 Å². The maximum Gasteiger partial charge on any atom is 0.263 e. The van der Waals surface area contributed by atoms with Crippen LogP contribution in [0.1, 0.15) is 54.1 Å². The van der Waals surface area contributed by atoms with Gasteiger partial charge in [0.1, 0.15) is 0 Å². The Hall–Kier alpha value is -2.39. The SMILES string of the molecule is CCn1cc(C(=O)NC2CCCC2)c(S(=O)(=O)N2CCN(c3cccc(C)c3C)CC2)n1. The van der Waals surface area contributed by atoms with Gasteiger partial charge < -0.3 is 10.2 Å². The van der Waals surface area contributed by atoms with E-state index in [9.17, 15) is 13.2 Å². The molecule has 2 aliphatic rings. The molecule has 32 heavy (non-hydrogen) atoms. The van der Waals surface area contributed by atoms with Gasteiger partial charge in [0, 0.05) is 50.6 Å². The number of nitrogens with one attached hydrogen (secondary N) is 1. The average Bonchev–Trinajstić information content (AvgIpc) is 3.46. The Morgan fingerprint density at radius 1 is 1.12 bits per heavy atom. The molecule has 1 aromatic heterocycles. The summed E-state index contributed by atoms with van der Waals surface area (Å²) in [7, 11) is -3.87. The molecule has 2 aromatic rings. The zero-order valence-electron chi connectivity index (χ0n) is 19.2. The zero-order chi connectivity index (χ0) is 22.9. The summed E-state index contributed by atoms with van der Waals surface area (Å²) < 4.78 is 30.0. The molecule has 1 aliphatic carbocycles. The summed E-state index contributed by atoms with van der Waals surface area (Å²) in [4.78, 5) is 15.2. The fourth-order valence-electron chi connectivity index (χ4n) is 4.62. The molecule has 8 nitrogen and oxygen atoms in total. The van der Waals surface area contributed by atoms with Gasteiger partial charge in [-0.25, -0.2) is 8.42 Å². The zero-order valence-corrected chi connectivity index (χ0v) is 20.0. The van der Waals surface area contributed by atoms with Crippen LogP contribution >= 0.6 is 0 Å². The highest BCUT2D eigenvalue weighted by Gasteiger charge is 2.35. The van der Waals surface area contributed by atoms with Crippen LogP contribution in [0.4, 0.5) is 5.69 Å². The molecule has 1 aliphatic heterocycles. The Morgan fingerprint density at radius 3 is 2.47 bits per heavy atom. The quantitative estimate of drug-likeness (QED) is 0.718. The van der Waals surface area contributed by atoms with Crippen LogP contribution in [0.15, 0.2) is 29.4 Å². The number of piperazine rings is 1. The van der Waals surface area contributed by atoms with Gasteiger partial charge in [0.2, 0.25) is 5.03 Å². The van der Waals surface area contributed by atoms with Crippen molar-refractivity contribution in [2.24, 2.45) is 0 Å². The second-order valence-corrected chi connectivity index (χ2v) is 10.6. The van der Waals surface area contributed by atoms with Crippen LogP contribution in [-0.2, 0) is 16.6 Å². The molecular weight excluding hydrogens is 426 g/mol. The van der Waals surface area contributed by atoms with E-state index >= 15 is 0 Å². The van der Waals surface area contributed by atoms with E-state index in [2.05, 4.69) is 41.3 Å². The number of sulfonamides is 1. The average molecular weight is 460 g/mol. The first-order valence-corrected chi connectivity index (χ1v) is 12.9. The number of amides is 1. The normalized spacial score (nSPS) is 18.3. The standard InChI is InChI=1S/C23H33N5O3S/c1-4-27-16-20(22(29)24-19-9-5-6-10-19)23(25-27)32(30,31)28-14-12-26(13-15-28)21-11-7-8-17(2)18(21)3/h7-8,11,16,19H,4-6,9-10,12-15H2,1-3H3,(H,24,29). The molecule has 4 rings (SSSR count). The third kappa shape index (κ3) is 4.41. The molecule has 1 aromatic carbocycles. The third-order valence-corrected chi connectivity index (χ3v) is 8.56. The molecule has 174 valence electrons. The molecule has 1 saturated carbocycles. The van der Waals surface area contributed by atoms with Crippen molar-refractivity contribution in [3.63, 3.8) is 0 Å². The van der Waals surface area contributed by atoms with Crippen molar-refractivity contribution >= 4 is 21.6 Å². The van der Waals surface area contributed by atoms with Gasteiger partial charge in [-0.2, -0.15) is 9.40 Å². The number of hydrogen-bond acceptors (Lipinski definition) is 5. The van der Waals surface area contributed by atoms with E-state index in [0.29, 0.717) is 32.7 Å². The van der Waals surface area contributed by atoms with Crippen LogP contribution in [-0.4, -0.2) is 60.6 Å². The lowest BCUT2D eigenvalue weighted by Crippen LogP contribution is -2.49. The van der Waals surface area contributed by atoms with Gasteiger partial charge in [0.15, 0.2) is 0 Å². The Balaban J connectivity index is 1.53. The number of hydrogen-bond donors (Lipinski definition) is 1. The second-order valence-electron chi connectivity index (χ2n) is 8.77. The number of carbonyl (C=O) groups excluding carboxylic acids is 1. The molecular formula is C23H33N5O3S. The van der Waals surface area contributed by atoms with E-state index < -0.39 is 10.0 Å². The van der Waals surface area contributed by atoms with Gasteiger partial charge in [-0.3, -0.25) is 9.48 Å². The summed E-state index contributed by atoms with van der Waals surface area (Å²) in [5.41, 5.74) is 3.74. The summed E-state index contributed by atoms with van der Waals surface area (Å²) in [6, 6.07) is 6.32. The highest BCUT2D eigenvalue weighted by Crippen LogP contribution is 2.27. The Morgan fingerprint density at radius 2 is 1.81 bits per heavy atom. The lowest BCUT2D eigenvalue weighted by molar-refractivity contribution is 0.0934. The van der Waals surface area contributed by atoms with E-state index in [0.717, 1.165) is 31.4 Å². The summed E-state index contributed by atoms with van der Waals surface area (Å²) in [5, 5.41) is 7.16. The Bertz CT molecular complexity index is 1080. The van der Waals surface area contributed by atoms with Crippen molar-refractivity contribution in [1.29, 1.82) is 0 Å². The predicted octanol–water partition coefficient (Wildman–Crippen LogP) is 2.70. The molecule has 1 saturated heterocycles. The van der Waals surface area contributed by atoms with E-state index in [-0.39, 0.29) is 22.5 Å². The van der Waals surface area contributed by atoms with Crippen molar-refractivity contribution in [1.82, 2.24) is 19.4 Å². The number of aromatic nitrogens is 2. The molecule has 2 heterocycles. The first kappa shape index (κ1) is 22.8. The summed E-state index contributed by atoms with van der Waals surface area (Å²) >= 11 is 0. The van der Waals surface area contributed by atoms with Crippen molar-refractivity contribution in [2.45, 2.75) is 64.1 Å². The number of carbonyl (C=O) groups is 1. The van der Waals surface area contributed by atoms with Gasteiger partial charge in [0.05, 0.1) is 5.56 Å². The highest BCUT2D eigenvalue weighted by atomic mass is 32.2. The smallest absolute Gasteiger partial charge is 0.263 e. The molecule has 0 spiro atoms. The lowest BCUT2D eigenvalue weighted by Gasteiger charge is -2.36. The number of aryl methyl sites for hydroxylation is 2. The fourth-order valence-corrected chi connectivity index (χ4v) is 6.14. The summed E-state index contributed by atoms with van der Waals surface area (Å²) in [6.07, 6.45) is 5.62. The lowest BCUT2D eigenvalue weighted by atomic mass is 10.1. The van der Waals surface area contributed by atoms with Crippen molar-refractivity contribution < 1.29 is 13.2 Å². The van der Waals surface area contributed by atoms with Crippen LogP contribution in [0.3, 0.4) is 0 Å². The highest BCUT2D eigenvalue weighted by molar-refractivity contribution is 7.89. The van der Waals surface area contributed by atoms with Crippen molar-refractivity contribution in [3.05, 3.63) is 41.1 Å². The van der Waals surface area contributed by atoms with Crippen LogP contribution in [0.5, 0.6) is 0 Å². The van der Waals surface area contributed by atoms with E-state index in [4.69, 9.17) is 0 Å². The van der Waals surface area contributed by atoms with Gasteiger partial charge in [0.25, 0.3) is 15.9 Å². The summed E-state index contributed by atoms with van der Waals surface area (Å²) in [5.74, 6) is -0.343. The van der Waals surface area contributed by atoms with Crippen LogP contribution in [0.2, 0.25) is 0 Å².